The van der Waals surface area contributed by atoms with Gasteiger partial charge in [0.05, 0.1) is 6.42 Å². The van der Waals surface area contributed by atoms with Gasteiger partial charge in [-0.05, 0) is 29.8 Å². The quantitative estimate of drug-likeness (QED) is 0.616. The second-order valence-electron chi connectivity index (χ2n) is 4.67. The monoisotopic (exact) mass is 377 g/mol. The lowest BCUT2D eigenvalue weighted by atomic mass is 10.2. The Labute approximate surface area is 142 Å². The molecule has 2 aromatic rings. The van der Waals surface area contributed by atoms with Gasteiger partial charge < -0.3 is 14.8 Å². The Balaban J connectivity index is 1.63. The van der Waals surface area contributed by atoms with E-state index in [4.69, 9.17) is 9.47 Å². The van der Waals surface area contributed by atoms with Gasteiger partial charge in [-0.3, -0.25) is 4.79 Å². The smallest absolute Gasteiger partial charge is 0.407 e. The van der Waals surface area contributed by atoms with Gasteiger partial charge in [-0.15, -0.1) is 0 Å². The molecular weight excluding hydrogens is 362 g/mol. The number of hydrogen-bond donors (Lipinski definition) is 1. The molecule has 0 aliphatic heterocycles. The lowest BCUT2D eigenvalue weighted by molar-refractivity contribution is -0.134. The third-order valence-corrected chi connectivity index (χ3v) is 3.39. The molecule has 2 rings (SSSR count). The van der Waals surface area contributed by atoms with Gasteiger partial charge in [-0.1, -0.05) is 46.3 Å². The van der Waals surface area contributed by atoms with Crippen LogP contribution in [0, 0.1) is 0 Å². The molecule has 0 bridgehead atoms. The van der Waals surface area contributed by atoms with Crippen LogP contribution in [0.4, 0.5) is 4.79 Å². The van der Waals surface area contributed by atoms with Crippen molar-refractivity contribution in [3.05, 3.63) is 64.6 Å². The summed E-state index contributed by atoms with van der Waals surface area (Å²) >= 11 is 3.30. The molecule has 0 aromatic heterocycles. The summed E-state index contributed by atoms with van der Waals surface area (Å²) in [7, 11) is 0. The van der Waals surface area contributed by atoms with Gasteiger partial charge in [0.25, 0.3) is 0 Å². The van der Waals surface area contributed by atoms with Gasteiger partial charge in [0.1, 0.15) is 12.4 Å². The van der Waals surface area contributed by atoms with Crippen LogP contribution in [0.1, 0.15) is 12.0 Å². The highest BCUT2D eigenvalue weighted by Gasteiger charge is 2.07. The van der Waals surface area contributed by atoms with Gasteiger partial charge in [-0.2, -0.15) is 0 Å². The first-order valence-electron chi connectivity index (χ1n) is 7.04. The van der Waals surface area contributed by atoms with Crippen molar-refractivity contribution in [3.8, 4) is 5.75 Å². The summed E-state index contributed by atoms with van der Waals surface area (Å²) in [6.07, 6.45) is -0.499. The number of ether oxygens (including phenoxy) is 2. The molecule has 0 saturated heterocycles. The Morgan fingerprint density at radius 2 is 1.70 bits per heavy atom. The highest BCUT2D eigenvalue weighted by molar-refractivity contribution is 9.10. The van der Waals surface area contributed by atoms with Crippen molar-refractivity contribution < 1.29 is 19.1 Å². The molecule has 1 N–H and O–H groups in total. The summed E-state index contributed by atoms with van der Waals surface area (Å²) in [5.41, 5.74) is 0.900. The van der Waals surface area contributed by atoms with Crippen molar-refractivity contribution in [1.82, 2.24) is 5.32 Å². The Bertz CT molecular complexity index is 643. The van der Waals surface area contributed by atoms with Crippen molar-refractivity contribution in [2.24, 2.45) is 0 Å². The zero-order chi connectivity index (χ0) is 16.5. The Kier molecular flexibility index (Phi) is 6.62. The molecule has 120 valence electrons. The summed E-state index contributed by atoms with van der Waals surface area (Å²) in [4.78, 5) is 23.1. The molecular formula is C17H16BrNO4. The first-order valence-corrected chi connectivity index (χ1v) is 7.83. The maximum absolute atomic E-state index is 11.6. The average molecular weight is 378 g/mol. The van der Waals surface area contributed by atoms with E-state index in [0.29, 0.717) is 5.75 Å². The molecule has 2 aromatic carbocycles. The van der Waals surface area contributed by atoms with Crippen LogP contribution in [0.2, 0.25) is 0 Å². The van der Waals surface area contributed by atoms with E-state index in [0.717, 1.165) is 10.0 Å². The number of hydrogen-bond acceptors (Lipinski definition) is 4. The molecule has 0 radical (unpaired) electrons. The van der Waals surface area contributed by atoms with E-state index in [-0.39, 0.29) is 19.6 Å². The van der Waals surface area contributed by atoms with Gasteiger partial charge in [0, 0.05) is 11.0 Å². The maximum Gasteiger partial charge on any atom is 0.407 e. The molecule has 0 aliphatic rings. The molecule has 1 amide bonds. The zero-order valence-corrected chi connectivity index (χ0v) is 13.9. The predicted molar refractivity (Wildman–Crippen MR) is 89.0 cm³/mol. The van der Waals surface area contributed by atoms with Gasteiger partial charge >= 0.3 is 12.1 Å². The number of rotatable bonds is 6. The van der Waals surface area contributed by atoms with E-state index in [2.05, 4.69) is 21.2 Å². The number of alkyl carbamates (subject to hydrolysis) is 1. The van der Waals surface area contributed by atoms with Crippen LogP contribution in [0.3, 0.4) is 0 Å². The molecule has 0 fully saturated rings. The Hall–Kier alpha value is -2.34. The summed E-state index contributed by atoms with van der Waals surface area (Å²) in [5.74, 6) is 0.0422. The van der Waals surface area contributed by atoms with E-state index < -0.39 is 12.1 Å². The normalized spacial score (nSPS) is 9.96. The first-order chi connectivity index (χ1) is 11.1. The van der Waals surface area contributed by atoms with Crippen molar-refractivity contribution in [3.63, 3.8) is 0 Å². The predicted octanol–water partition coefficient (Wildman–Crippen LogP) is 3.67. The fourth-order valence-corrected chi connectivity index (χ4v) is 1.99. The topological polar surface area (TPSA) is 64.6 Å². The van der Waals surface area contributed by atoms with Crippen molar-refractivity contribution >= 4 is 28.0 Å². The highest BCUT2D eigenvalue weighted by atomic mass is 79.9. The number of carbonyl (C=O) groups excluding carboxylic acids is 2. The number of amides is 1. The minimum Gasteiger partial charge on any atom is -0.445 e. The van der Waals surface area contributed by atoms with Crippen molar-refractivity contribution in [2.75, 3.05) is 6.54 Å². The number of benzene rings is 2. The van der Waals surface area contributed by atoms with E-state index in [1.54, 1.807) is 24.3 Å². The fourth-order valence-electron chi connectivity index (χ4n) is 1.73. The summed E-state index contributed by atoms with van der Waals surface area (Å²) in [6.45, 7) is 0.346. The van der Waals surface area contributed by atoms with Crippen LogP contribution >= 0.6 is 15.9 Å². The van der Waals surface area contributed by atoms with Gasteiger partial charge in [0.2, 0.25) is 0 Å². The highest BCUT2D eigenvalue weighted by Crippen LogP contribution is 2.16. The number of halogens is 1. The van der Waals surface area contributed by atoms with Crippen LogP contribution < -0.4 is 10.1 Å². The van der Waals surface area contributed by atoms with E-state index in [9.17, 15) is 9.59 Å². The number of carbonyl (C=O) groups is 2. The van der Waals surface area contributed by atoms with Crippen LogP contribution in [0.25, 0.3) is 0 Å². The molecule has 0 saturated carbocycles. The van der Waals surface area contributed by atoms with Gasteiger partial charge in [0.15, 0.2) is 0 Å². The summed E-state index contributed by atoms with van der Waals surface area (Å²) < 4.78 is 11.1. The number of nitrogens with one attached hydrogen (secondary N) is 1. The van der Waals surface area contributed by atoms with Crippen LogP contribution in [0.15, 0.2) is 59.1 Å². The maximum atomic E-state index is 11.6. The van der Waals surface area contributed by atoms with Crippen molar-refractivity contribution in [1.29, 1.82) is 0 Å². The second-order valence-corrected chi connectivity index (χ2v) is 5.58. The Morgan fingerprint density at radius 3 is 2.39 bits per heavy atom. The fraction of sp³-hybridized carbons (Fsp3) is 0.176. The summed E-state index contributed by atoms with van der Waals surface area (Å²) in [6, 6.07) is 16.3. The zero-order valence-electron chi connectivity index (χ0n) is 12.3. The first kappa shape index (κ1) is 17.0. The van der Waals surface area contributed by atoms with E-state index in [1.807, 2.05) is 30.3 Å². The van der Waals surface area contributed by atoms with Crippen LogP contribution in [0.5, 0.6) is 5.75 Å². The lowest BCUT2D eigenvalue weighted by Gasteiger charge is -2.07. The standard InChI is InChI=1S/C17H16BrNO4/c18-14-6-8-15(9-7-14)23-16(20)10-11-19-17(21)22-12-13-4-2-1-3-5-13/h1-9H,10-12H2,(H,19,21). The molecule has 23 heavy (non-hydrogen) atoms. The average Bonchev–Trinajstić information content (AvgIpc) is 2.56. The SMILES string of the molecule is O=C(CCNC(=O)OCc1ccccc1)Oc1ccc(Br)cc1. The minimum atomic E-state index is -0.565. The van der Waals surface area contributed by atoms with E-state index >= 15 is 0 Å². The Morgan fingerprint density at radius 1 is 1.00 bits per heavy atom. The van der Waals surface area contributed by atoms with Crippen LogP contribution in [-0.4, -0.2) is 18.6 Å². The molecule has 0 atom stereocenters. The molecule has 5 nitrogen and oxygen atoms in total. The second kappa shape index (κ2) is 8.95. The number of esters is 1. The summed E-state index contributed by atoms with van der Waals surface area (Å²) in [5, 5.41) is 2.51. The van der Waals surface area contributed by atoms with Gasteiger partial charge in [-0.25, -0.2) is 4.79 Å². The lowest BCUT2D eigenvalue weighted by Crippen LogP contribution is -2.27. The largest absolute Gasteiger partial charge is 0.445 e. The molecule has 6 heteroatoms. The molecule has 0 unspecified atom stereocenters. The molecule has 0 heterocycles. The molecule has 0 aliphatic carbocycles. The minimum absolute atomic E-state index is 0.0660. The third kappa shape index (κ3) is 6.52. The van der Waals surface area contributed by atoms with E-state index in [1.165, 1.54) is 0 Å². The third-order valence-electron chi connectivity index (χ3n) is 2.86. The van der Waals surface area contributed by atoms with Crippen molar-refractivity contribution in [2.45, 2.75) is 13.0 Å². The molecule has 0 spiro atoms. The van der Waals surface area contributed by atoms with Crippen LogP contribution in [-0.2, 0) is 16.1 Å².